The molecule has 0 aliphatic rings. The van der Waals surface area contributed by atoms with Gasteiger partial charge >= 0.3 is 5.97 Å². The minimum absolute atomic E-state index is 0.381. The first kappa shape index (κ1) is 9.92. The fourth-order valence-electron chi connectivity index (χ4n) is 1.35. The van der Waals surface area contributed by atoms with E-state index in [9.17, 15) is 4.79 Å². The summed E-state index contributed by atoms with van der Waals surface area (Å²) in [6, 6.07) is 1.84. The third-order valence-corrected chi connectivity index (χ3v) is 3.15. The van der Waals surface area contributed by atoms with Gasteiger partial charge in [0.25, 0.3) is 0 Å². The van der Waals surface area contributed by atoms with Crippen molar-refractivity contribution in [2.75, 3.05) is 14.2 Å². The number of aromatic nitrogens is 1. The Balaban J connectivity index is 2.69. The monoisotopic (exact) mass is 223 g/mol. The van der Waals surface area contributed by atoms with Gasteiger partial charge in [-0.15, -0.1) is 11.3 Å². The van der Waals surface area contributed by atoms with Crippen molar-refractivity contribution >= 4 is 27.4 Å². The van der Waals surface area contributed by atoms with Crippen molar-refractivity contribution in [1.29, 1.82) is 0 Å². The molecule has 0 fully saturated rings. The number of hydrogen-bond donors (Lipinski definition) is 0. The standard InChI is InChI=1S/C10H9NO3S/c1-13-8-6-5-11-4-3-7(6)15-9(8)10(12)14-2/h3-5H,1-2H3. The summed E-state index contributed by atoms with van der Waals surface area (Å²) in [5.41, 5.74) is 0. The summed E-state index contributed by atoms with van der Waals surface area (Å²) in [5.74, 6) is 0.156. The van der Waals surface area contributed by atoms with Gasteiger partial charge < -0.3 is 9.47 Å². The minimum atomic E-state index is -0.381. The predicted molar refractivity (Wildman–Crippen MR) is 57.5 cm³/mol. The Morgan fingerprint density at radius 2 is 2.27 bits per heavy atom. The molecule has 0 amide bonds. The van der Waals surface area contributed by atoms with Gasteiger partial charge in [0.05, 0.1) is 19.6 Å². The zero-order valence-electron chi connectivity index (χ0n) is 8.31. The Labute approximate surface area is 90.5 Å². The van der Waals surface area contributed by atoms with Gasteiger partial charge in [0.1, 0.15) is 0 Å². The van der Waals surface area contributed by atoms with Crippen LogP contribution in [0.4, 0.5) is 0 Å². The Morgan fingerprint density at radius 3 is 2.93 bits per heavy atom. The van der Waals surface area contributed by atoms with Crippen LogP contribution in [-0.2, 0) is 4.74 Å². The normalized spacial score (nSPS) is 10.3. The molecule has 0 radical (unpaired) electrons. The van der Waals surface area contributed by atoms with Crippen LogP contribution in [-0.4, -0.2) is 25.2 Å². The van der Waals surface area contributed by atoms with Crippen molar-refractivity contribution in [2.24, 2.45) is 0 Å². The van der Waals surface area contributed by atoms with Crippen molar-refractivity contribution in [3.05, 3.63) is 23.3 Å². The Bertz CT molecular complexity index is 506. The number of esters is 1. The molecule has 0 unspecified atom stereocenters. The largest absolute Gasteiger partial charge is 0.494 e. The average molecular weight is 223 g/mol. The first-order valence-electron chi connectivity index (χ1n) is 4.26. The van der Waals surface area contributed by atoms with Crippen molar-refractivity contribution in [3.8, 4) is 5.75 Å². The van der Waals surface area contributed by atoms with Gasteiger partial charge in [-0.1, -0.05) is 0 Å². The van der Waals surface area contributed by atoms with Gasteiger partial charge in [0.15, 0.2) is 10.6 Å². The second-order valence-electron chi connectivity index (χ2n) is 2.83. The molecule has 0 saturated carbocycles. The van der Waals surface area contributed by atoms with Crippen molar-refractivity contribution in [1.82, 2.24) is 4.98 Å². The van der Waals surface area contributed by atoms with Crippen molar-refractivity contribution in [3.63, 3.8) is 0 Å². The number of carbonyl (C=O) groups excluding carboxylic acids is 1. The van der Waals surface area contributed by atoms with Gasteiger partial charge in [-0.05, 0) is 6.07 Å². The number of carbonyl (C=O) groups is 1. The zero-order valence-corrected chi connectivity index (χ0v) is 9.13. The Hall–Kier alpha value is -1.62. The molecule has 0 aliphatic carbocycles. The van der Waals surface area contributed by atoms with E-state index < -0.39 is 0 Å². The predicted octanol–water partition coefficient (Wildman–Crippen LogP) is 2.09. The van der Waals surface area contributed by atoms with Crippen molar-refractivity contribution < 1.29 is 14.3 Å². The molecule has 78 valence electrons. The number of rotatable bonds is 2. The smallest absolute Gasteiger partial charge is 0.351 e. The molecule has 5 heteroatoms. The van der Waals surface area contributed by atoms with Crippen LogP contribution in [0.15, 0.2) is 18.5 Å². The van der Waals surface area contributed by atoms with E-state index in [0.717, 1.165) is 10.1 Å². The van der Waals surface area contributed by atoms with Gasteiger partial charge in [0, 0.05) is 17.1 Å². The highest BCUT2D eigenvalue weighted by Gasteiger charge is 2.19. The maximum atomic E-state index is 11.5. The number of thiophene rings is 1. The lowest BCUT2D eigenvalue weighted by molar-refractivity contribution is 0.0603. The number of pyridine rings is 1. The first-order valence-corrected chi connectivity index (χ1v) is 5.08. The van der Waals surface area contributed by atoms with Crippen LogP contribution in [0.5, 0.6) is 5.75 Å². The molecule has 2 heterocycles. The number of hydrogen-bond acceptors (Lipinski definition) is 5. The summed E-state index contributed by atoms with van der Waals surface area (Å²) in [7, 11) is 2.88. The number of nitrogens with zero attached hydrogens (tertiary/aromatic N) is 1. The maximum Gasteiger partial charge on any atom is 0.351 e. The molecule has 0 N–H and O–H groups in total. The second-order valence-corrected chi connectivity index (χ2v) is 3.88. The average Bonchev–Trinajstić information content (AvgIpc) is 2.66. The lowest BCUT2D eigenvalue weighted by Gasteiger charge is -2.00. The molecular weight excluding hydrogens is 214 g/mol. The van der Waals surface area contributed by atoms with E-state index in [1.54, 1.807) is 12.4 Å². The first-order chi connectivity index (χ1) is 7.27. The molecule has 0 saturated heterocycles. The molecule has 2 aromatic rings. The van der Waals surface area contributed by atoms with Crippen LogP contribution in [0.25, 0.3) is 10.1 Å². The third-order valence-electron chi connectivity index (χ3n) is 2.02. The van der Waals surface area contributed by atoms with E-state index in [0.29, 0.717) is 10.6 Å². The van der Waals surface area contributed by atoms with Crippen molar-refractivity contribution in [2.45, 2.75) is 0 Å². The molecule has 0 aromatic carbocycles. The van der Waals surface area contributed by atoms with Gasteiger partial charge in [-0.25, -0.2) is 4.79 Å². The fraction of sp³-hybridized carbons (Fsp3) is 0.200. The summed E-state index contributed by atoms with van der Waals surface area (Å²) in [5, 5.41) is 0.838. The third kappa shape index (κ3) is 1.55. The van der Waals surface area contributed by atoms with Crippen LogP contribution >= 0.6 is 11.3 Å². The molecule has 15 heavy (non-hydrogen) atoms. The van der Waals surface area contributed by atoms with Crippen LogP contribution < -0.4 is 4.74 Å². The van der Waals surface area contributed by atoms with E-state index in [1.165, 1.54) is 25.6 Å². The molecule has 2 aromatic heterocycles. The van der Waals surface area contributed by atoms with Gasteiger partial charge in [-0.3, -0.25) is 4.98 Å². The van der Waals surface area contributed by atoms with Crippen LogP contribution in [0, 0.1) is 0 Å². The SMILES string of the molecule is COC(=O)c1sc2ccncc2c1OC. The van der Waals surface area contributed by atoms with Crippen LogP contribution in [0.2, 0.25) is 0 Å². The van der Waals surface area contributed by atoms with E-state index >= 15 is 0 Å². The highest BCUT2D eigenvalue weighted by molar-refractivity contribution is 7.21. The summed E-state index contributed by atoms with van der Waals surface area (Å²) >= 11 is 1.34. The number of fused-ring (bicyclic) bond motifs is 1. The summed E-state index contributed by atoms with van der Waals surface area (Å²) in [4.78, 5) is 15.9. The molecule has 0 aliphatic heterocycles. The molecular formula is C10H9NO3S. The summed E-state index contributed by atoms with van der Waals surface area (Å²) in [6.45, 7) is 0. The van der Waals surface area contributed by atoms with E-state index in [2.05, 4.69) is 9.72 Å². The molecule has 0 atom stereocenters. The highest BCUT2D eigenvalue weighted by atomic mass is 32.1. The minimum Gasteiger partial charge on any atom is -0.494 e. The molecule has 0 bridgehead atoms. The highest BCUT2D eigenvalue weighted by Crippen LogP contribution is 2.37. The zero-order chi connectivity index (χ0) is 10.8. The van der Waals surface area contributed by atoms with Crippen LogP contribution in [0.1, 0.15) is 9.67 Å². The number of ether oxygens (including phenoxy) is 2. The topological polar surface area (TPSA) is 48.4 Å². The number of methoxy groups -OCH3 is 2. The molecule has 0 spiro atoms. The Kier molecular flexibility index (Phi) is 2.55. The quantitative estimate of drug-likeness (QED) is 0.731. The van der Waals surface area contributed by atoms with Crippen LogP contribution in [0.3, 0.4) is 0 Å². The van der Waals surface area contributed by atoms with Gasteiger partial charge in [-0.2, -0.15) is 0 Å². The van der Waals surface area contributed by atoms with Gasteiger partial charge in [0.2, 0.25) is 0 Å². The lowest BCUT2D eigenvalue weighted by Crippen LogP contribution is -2.00. The molecule has 4 nitrogen and oxygen atoms in total. The second kappa shape index (κ2) is 3.86. The van der Waals surface area contributed by atoms with E-state index in [4.69, 9.17) is 4.74 Å². The fourth-order valence-corrected chi connectivity index (χ4v) is 2.41. The molecule has 2 rings (SSSR count). The van der Waals surface area contributed by atoms with E-state index in [-0.39, 0.29) is 5.97 Å². The summed E-state index contributed by atoms with van der Waals surface area (Å²) < 4.78 is 10.8. The van der Waals surface area contributed by atoms with E-state index in [1.807, 2.05) is 6.07 Å². The summed E-state index contributed by atoms with van der Waals surface area (Å²) in [6.07, 6.45) is 3.36. The Morgan fingerprint density at radius 1 is 1.47 bits per heavy atom. The lowest BCUT2D eigenvalue weighted by atomic mass is 10.3. The maximum absolute atomic E-state index is 11.5.